The van der Waals surface area contributed by atoms with Crippen LogP contribution in [0.2, 0.25) is 4.34 Å². The summed E-state index contributed by atoms with van der Waals surface area (Å²) < 4.78 is 10.3. The number of nitrogens with zero attached hydrogens (tertiary/aromatic N) is 4. The average molecular weight is 359 g/mol. The van der Waals surface area contributed by atoms with Crippen LogP contribution in [0, 0.1) is 0 Å². The van der Waals surface area contributed by atoms with Gasteiger partial charge in [-0.3, -0.25) is 4.90 Å². The van der Waals surface area contributed by atoms with Crippen molar-refractivity contribution in [3.05, 3.63) is 27.2 Å². The molecule has 2 aromatic heterocycles. The van der Waals surface area contributed by atoms with Crippen LogP contribution in [-0.2, 0) is 17.7 Å². The first-order valence-electron chi connectivity index (χ1n) is 7.27. The molecule has 0 bridgehead atoms. The summed E-state index contributed by atoms with van der Waals surface area (Å²) in [4.78, 5) is 10.7. The number of hydrogen-bond acceptors (Lipinski definition) is 7. The first kappa shape index (κ1) is 16.1. The van der Waals surface area contributed by atoms with Crippen molar-refractivity contribution in [2.75, 3.05) is 44.8 Å². The maximum absolute atomic E-state index is 5.99. The van der Waals surface area contributed by atoms with Gasteiger partial charge in [-0.15, -0.1) is 11.3 Å². The van der Waals surface area contributed by atoms with Crippen molar-refractivity contribution in [1.82, 2.24) is 14.3 Å². The van der Waals surface area contributed by atoms with Gasteiger partial charge in [-0.25, -0.2) is 4.98 Å². The molecule has 0 aliphatic carbocycles. The van der Waals surface area contributed by atoms with Gasteiger partial charge in [0.25, 0.3) is 0 Å². The van der Waals surface area contributed by atoms with Crippen LogP contribution in [-0.4, -0.2) is 54.2 Å². The zero-order valence-corrected chi connectivity index (χ0v) is 14.9. The van der Waals surface area contributed by atoms with Gasteiger partial charge in [-0.05, 0) is 12.1 Å². The van der Waals surface area contributed by atoms with Crippen molar-refractivity contribution in [2.45, 2.75) is 13.0 Å². The van der Waals surface area contributed by atoms with Gasteiger partial charge in [0.1, 0.15) is 5.82 Å². The Bertz CT molecular complexity index is 595. The highest BCUT2D eigenvalue weighted by atomic mass is 35.5. The topological polar surface area (TPSA) is 41.5 Å². The van der Waals surface area contributed by atoms with Crippen molar-refractivity contribution in [1.29, 1.82) is 0 Å². The molecule has 0 saturated carbocycles. The van der Waals surface area contributed by atoms with E-state index in [9.17, 15) is 0 Å². The first-order valence-corrected chi connectivity index (χ1v) is 9.24. The second-order valence-electron chi connectivity index (χ2n) is 5.20. The molecule has 1 aliphatic heterocycles. The van der Waals surface area contributed by atoms with E-state index in [0.29, 0.717) is 6.61 Å². The number of halogens is 1. The minimum Gasteiger partial charge on any atom is -0.384 e. The van der Waals surface area contributed by atoms with Crippen LogP contribution in [0.25, 0.3) is 0 Å². The summed E-state index contributed by atoms with van der Waals surface area (Å²) in [5.74, 6) is 0.887. The summed E-state index contributed by atoms with van der Waals surface area (Å²) in [6.07, 6.45) is 0.784. The molecular formula is C14H19ClN4OS2. The molecule has 1 saturated heterocycles. The lowest BCUT2D eigenvalue weighted by Crippen LogP contribution is -2.45. The van der Waals surface area contributed by atoms with E-state index in [1.165, 1.54) is 16.4 Å². The Hall–Kier alpha value is -0.730. The predicted octanol–water partition coefficient (Wildman–Crippen LogP) is 2.76. The lowest BCUT2D eigenvalue weighted by molar-refractivity contribution is 0.201. The molecule has 0 unspecified atom stereocenters. The summed E-state index contributed by atoms with van der Waals surface area (Å²) in [5.41, 5.74) is 0. The third kappa shape index (κ3) is 4.17. The fourth-order valence-electron chi connectivity index (χ4n) is 2.42. The molecule has 1 aliphatic rings. The van der Waals surface area contributed by atoms with E-state index in [0.717, 1.165) is 54.4 Å². The van der Waals surface area contributed by atoms with Crippen LogP contribution in [0.3, 0.4) is 0 Å². The molecule has 8 heteroatoms. The molecule has 0 atom stereocenters. The Morgan fingerprint density at radius 3 is 2.77 bits per heavy atom. The molecule has 22 heavy (non-hydrogen) atoms. The van der Waals surface area contributed by atoms with Gasteiger partial charge < -0.3 is 9.64 Å². The molecule has 0 spiro atoms. The zero-order valence-electron chi connectivity index (χ0n) is 12.5. The number of thiophene rings is 1. The number of hydrogen-bond donors (Lipinski definition) is 0. The molecule has 0 aromatic carbocycles. The minimum absolute atomic E-state index is 0.674. The molecule has 120 valence electrons. The van der Waals surface area contributed by atoms with Gasteiger partial charge in [-0.1, -0.05) is 11.6 Å². The Kier molecular flexibility index (Phi) is 5.65. The maximum atomic E-state index is 5.99. The molecule has 0 amide bonds. The van der Waals surface area contributed by atoms with E-state index in [2.05, 4.69) is 25.2 Å². The number of piperazine rings is 1. The first-order chi connectivity index (χ1) is 10.7. The summed E-state index contributed by atoms with van der Waals surface area (Å²) >= 11 is 9.15. The smallest absolute Gasteiger partial charge is 0.205 e. The minimum atomic E-state index is 0.674. The highest BCUT2D eigenvalue weighted by molar-refractivity contribution is 7.16. The van der Waals surface area contributed by atoms with Gasteiger partial charge in [0.05, 0.1) is 10.9 Å². The van der Waals surface area contributed by atoms with Gasteiger partial charge in [0.2, 0.25) is 5.13 Å². The fraction of sp³-hybridized carbons (Fsp3) is 0.571. The monoisotopic (exact) mass is 358 g/mol. The van der Waals surface area contributed by atoms with Crippen LogP contribution in [0.4, 0.5) is 5.13 Å². The van der Waals surface area contributed by atoms with E-state index in [-0.39, 0.29) is 0 Å². The van der Waals surface area contributed by atoms with Gasteiger partial charge >= 0.3 is 0 Å². The van der Waals surface area contributed by atoms with E-state index >= 15 is 0 Å². The standard InChI is InChI=1S/C14H19ClN4OS2/c1-20-9-4-13-16-14(22-17-13)19-7-5-18(6-8-19)10-11-2-3-12(15)21-11/h2-3H,4-10H2,1H3. The molecule has 3 heterocycles. The molecule has 2 aromatic rings. The van der Waals surface area contributed by atoms with E-state index < -0.39 is 0 Å². The van der Waals surface area contributed by atoms with E-state index in [4.69, 9.17) is 16.3 Å². The quantitative estimate of drug-likeness (QED) is 0.794. The van der Waals surface area contributed by atoms with Crippen LogP contribution in [0.1, 0.15) is 10.7 Å². The summed E-state index contributed by atoms with van der Waals surface area (Å²) in [6.45, 7) is 5.74. The van der Waals surface area contributed by atoms with Gasteiger partial charge in [0.15, 0.2) is 0 Å². The molecule has 0 radical (unpaired) electrons. The average Bonchev–Trinajstić information content (AvgIpc) is 3.15. The maximum Gasteiger partial charge on any atom is 0.205 e. The number of ether oxygens (including phenoxy) is 1. The van der Waals surface area contributed by atoms with E-state index in [1.54, 1.807) is 18.4 Å². The third-order valence-corrected chi connectivity index (χ3v) is 5.67. The van der Waals surface area contributed by atoms with Crippen molar-refractivity contribution in [2.24, 2.45) is 0 Å². The number of methoxy groups -OCH3 is 1. The molecule has 5 nitrogen and oxygen atoms in total. The highest BCUT2D eigenvalue weighted by Gasteiger charge is 2.20. The number of aromatic nitrogens is 2. The van der Waals surface area contributed by atoms with Crippen molar-refractivity contribution < 1.29 is 4.74 Å². The number of anilines is 1. The Morgan fingerprint density at radius 2 is 2.09 bits per heavy atom. The molecular weight excluding hydrogens is 340 g/mol. The third-order valence-electron chi connectivity index (χ3n) is 3.64. The van der Waals surface area contributed by atoms with Crippen LogP contribution in [0.5, 0.6) is 0 Å². The zero-order chi connectivity index (χ0) is 15.4. The number of rotatable bonds is 6. The SMILES string of the molecule is COCCc1nsc(N2CCN(Cc3ccc(Cl)s3)CC2)n1. The van der Waals surface area contributed by atoms with Gasteiger partial charge in [-0.2, -0.15) is 4.37 Å². The lowest BCUT2D eigenvalue weighted by Gasteiger charge is -2.34. The van der Waals surface area contributed by atoms with Crippen LogP contribution in [0.15, 0.2) is 12.1 Å². The van der Waals surface area contributed by atoms with Crippen molar-refractivity contribution >= 4 is 39.6 Å². The normalized spacial score (nSPS) is 16.4. The predicted molar refractivity (Wildman–Crippen MR) is 92.3 cm³/mol. The van der Waals surface area contributed by atoms with Crippen LogP contribution < -0.4 is 4.90 Å². The Balaban J connectivity index is 1.49. The largest absolute Gasteiger partial charge is 0.384 e. The highest BCUT2D eigenvalue weighted by Crippen LogP contribution is 2.24. The molecule has 3 rings (SSSR count). The molecule has 0 N–H and O–H groups in total. The van der Waals surface area contributed by atoms with Crippen molar-refractivity contribution in [3.8, 4) is 0 Å². The summed E-state index contributed by atoms with van der Waals surface area (Å²) in [7, 11) is 1.70. The summed E-state index contributed by atoms with van der Waals surface area (Å²) in [6, 6.07) is 4.09. The Morgan fingerprint density at radius 1 is 1.27 bits per heavy atom. The second-order valence-corrected chi connectivity index (χ2v) is 7.73. The fourth-order valence-corrected chi connectivity index (χ4v) is 4.32. The molecule has 1 fully saturated rings. The lowest BCUT2D eigenvalue weighted by atomic mass is 10.3. The van der Waals surface area contributed by atoms with Crippen LogP contribution >= 0.6 is 34.5 Å². The summed E-state index contributed by atoms with van der Waals surface area (Å²) in [5, 5.41) is 1.03. The Labute approximate surface area is 143 Å². The van der Waals surface area contributed by atoms with Crippen molar-refractivity contribution in [3.63, 3.8) is 0 Å². The second kappa shape index (κ2) is 7.70. The van der Waals surface area contributed by atoms with Gasteiger partial charge in [0, 0.05) is 62.7 Å². The van der Waals surface area contributed by atoms with E-state index in [1.807, 2.05) is 6.07 Å².